The molecule has 0 saturated heterocycles. The van der Waals surface area contributed by atoms with Crippen LogP contribution in [0.15, 0.2) is 30.3 Å². The van der Waals surface area contributed by atoms with E-state index in [-0.39, 0.29) is 17.0 Å². The van der Waals surface area contributed by atoms with Crippen molar-refractivity contribution in [2.75, 3.05) is 7.11 Å². The molecule has 0 radical (unpaired) electrons. The van der Waals surface area contributed by atoms with E-state index in [0.717, 1.165) is 5.56 Å². The first-order valence-corrected chi connectivity index (χ1v) is 7.29. The van der Waals surface area contributed by atoms with Crippen LogP contribution in [0.1, 0.15) is 15.9 Å². The van der Waals surface area contributed by atoms with Gasteiger partial charge in [-0.2, -0.15) is 0 Å². The van der Waals surface area contributed by atoms with E-state index in [9.17, 15) is 14.9 Å². The second-order valence-corrected chi connectivity index (χ2v) is 5.62. The van der Waals surface area contributed by atoms with Crippen molar-refractivity contribution in [2.24, 2.45) is 0 Å². The molecular weight excluding hydrogens is 401 g/mol. The molecule has 0 aliphatic carbocycles. The zero-order chi connectivity index (χ0) is 16.3. The van der Waals surface area contributed by atoms with Gasteiger partial charge in [0.15, 0.2) is 0 Å². The van der Waals surface area contributed by atoms with Gasteiger partial charge in [-0.05, 0) is 59.3 Å². The Morgan fingerprint density at radius 3 is 2.55 bits per heavy atom. The van der Waals surface area contributed by atoms with Crippen molar-refractivity contribution in [3.05, 3.63) is 55.1 Å². The van der Waals surface area contributed by atoms with Crippen LogP contribution >= 0.6 is 22.6 Å². The van der Waals surface area contributed by atoms with Gasteiger partial charge in [-0.15, -0.1) is 0 Å². The quantitative estimate of drug-likeness (QED) is 0.319. The van der Waals surface area contributed by atoms with E-state index < -0.39 is 4.92 Å². The molecule has 0 N–H and O–H groups in total. The Morgan fingerprint density at radius 1 is 1.27 bits per heavy atom. The Bertz CT molecular complexity index is 745. The fourth-order valence-corrected chi connectivity index (χ4v) is 2.68. The molecule has 0 spiro atoms. The molecule has 2 rings (SSSR count). The van der Waals surface area contributed by atoms with E-state index in [1.54, 1.807) is 25.3 Å². The standard InChI is InChI=1S/C15H12INO5/c1-9-5-11(3-4-14(9)21-2)22-15-12(16)6-10(8-18)7-13(15)17(19)20/h3-8H,1-2H3. The molecular formula is C15H12INO5. The topological polar surface area (TPSA) is 78.7 Å². The number of nitrogens with zero attached hydrogens (tertiary/aromatic N) is 1. The summed E-state index contributed by atoms with van der Waals surface area (Å²) in [7, 11) is 1.56. The Balaban J connectivity index is 2.46. The summed E-state index contributed by atoms with van der Waals surface area (Å²) < 4.78 is 11.3. The molecule has 7 heteroatoms. The third-order valence-corrected chi connectivity index (χ3v) is 3.77. The summed E-state index contributed by atoms with van der Waals surface area (Å²) in [6, 6.07) is 7.85. The molecule has 114 valence electrons. The predicted octanol–water partition coefficient (Wildman–Crippen LogP) is 4.12. The van der Waals surface area contributed by atoms with Gasteiger partial charge in [0.25, 0.3) is 0 Å². The van der Waals surface area contributed by atoms with Crippen LogP contribution in [0, 0.1) is 20.6 Å². The minimum atomic E-state index is -0.569. The lowest BCUT2D eigenvalue weighted by molar-refractivity contribution is -0.385. The number of halogens is 1. The van der Waals surface area contributed by atoms with Crippen molar-refractivity contribution >= 4 is 34.6 Å². The molecule has 0 bridgehead atoms. The number of carbonyl (C=O) groups excluding carboxylic acids is 1. The number of nitro benzene ring substituents is 1. The molecule has 0 aliphatic rings. The van der Waals surface area contributed by atoms with E-state index in [1.165, 1.54) is 12.1 Å². The molecule has 0 atom stereocenters. The predicted molar refractivity (Wildman–Crippen MR) is 89.0 cm³/mol. The molecule has 0 saturated carbocycles. The molecule has 0 heterocycles. The average molecular weight is 413 g/mol. The smallest absolute Gasteiger partial charge is 0.313 e. The van der Waals surface area contributed by atoms with Crippen molar-refractivity contribution in [2.45, 2.75) is 6.92 Å². The maximum Gasteiger partial charge on any atom is 0.313 e. The van der Waals surface area contributed by atoms with Crippen LogP contribution in [0.5, 0.6) is 17.2 Å². The van der Waals surface area contributed by atoms with Crippen molar-refractivity contribution in [1.29, 1.82) is 0 Å². The van der Waals surface area contributed by atoms with Gasteiger partial charge in [0.2, 0.25) is 5.75 Å². The maximum atomic E-state index is 11.2. The van der Waals surface area contributed by atoms with Crippen molar-refractivity contribution in [3.8, 4) is 17.2 Å². The third-order valence-electron chi connectivity index (χ3n) is 2.97. The number of rotatable bonds is 5. The van der Waals surface area contributed by atoms with Gasteiger partial charge in [-0.25, -0.2) is 0 Å². The maximum absolute atomic E-state index is 11.2. The van der Waals surface area contributed by atoms with Crippen LogP contribution in [-0.4, -0.2) is 18.3 Å². The number of hydrogen-bond acceptors (Lipinski definition) is 5. The summed E-state index contributed by atoms with van der Waals surface area (Å²) >= 11 is 1.90. The molecule has 2 aromatic carbocycles. The minimum absolute atomic E-state index is 0.112. The van der Waals surface area contributed by atoms with Crippen molar-refractivity contribution < 1.29 is 19.2 Å². The van der Waals surface area contributed by atoms with Gasteiger partial charge in [0, 0.05) is 11.6 Å². The van der Waals surface area contributed by atoms with Crippen LogP contribution < -0.4 is 9.47 Å². The van der Waals surface area contributed by atoms with Gasteiger partial charge < -0.3 is 9.47 Å². The van der Waals surface area contributed by atoms with E-state index in [4.69, 9.17) is 9.47 Å². The molecule has 0 unspecified atom stereocenters. The molecule has 6 nitrogen and oxygen atoms in total. The van der Waals surface area contributed by atoms with Crippen LogP contribution in [0.4, 0.5) is 5.69 Å². The van der Waals surface area contributed by atoms with E-state index in [2.05, 4.69) is 0 Å². The first-order chi connectivity index (χ1) is 10.5. The second kappa shape index (κ2) is 6.73. The van der Waals surface area contributed by atoms with Crippen molar-refractivity contribution in [3.63, 3.8) is 0 Å². The highest BCUT2D eigenvalue weighted by Gasteiger charge is 2.21. The fraction of sp³-hybridized carbons (Fsp3) is 0.133. The molecule has 0 amide bonds. The minimum Gasteiger partial charge on any atom is -0.496 e. The van der Waals surface area contributed by atoms with Crippen LogP contribution in [-0.2, 0) is 0 Å². The number of aldehydes is 1. The molecule has 0 aliphatic heterocycles. The number of ether oxygens (including phenoxy) is 2. The fourth-order valence-electron chi connectivity index (χ4n) is 1.94. The average Bonchev–Trinajstić information content (AvgIpc) is 2.49. The molecule has 22 heavy (non-hydrogen) atoms. The number of benzene rings is 2. The number of methoxy groups -OCH3 is 1. The van der Waals surface area contributed by atoms with Crippen LogP contribution in [0.3, 0.4) is 0 Å². The highest BCUT2D eigenvalue weighted by Crippen LogP contribution is 2.37. The third kappa shape index (κ3) is 3.35. The van der Waals surface area contributed by atoms with Gasteiger partial charge >= 0.3 is 5.69 Å². The summed E-state index contributed by atoms with van der Waals surface area (Å²) in [4.78, 5) is 21.5. The van der Waals surface area contributed by atoms with Gasteiger partial charge in [0.05, 0.1) is 15.6 Å². The lowest BCUT2D eigenvalue weighted by Crippen LogP contribution is -1.98. The van der Waals surface area contributed by atoms with E-state index in [0.29, 0.717) is 21.4 Å². The van der Waals surface area contributed by atoms with Crippen LogP contribution in [0.2, 0.25) is 0 Å². The number of nitro groups is 1. The summed E-state index contributed by atoms with van der Waals surface area (Å²) in [5.74, 6) is 1.27. The van der Waals surface area contributed by atoms with E-state index >= 15 is 0 Å². The molecule has 0 fully saturated rings. The number of hydrogen-bond donors (Lipinski definition) is 0. The Hall–Kier alpha value is -2.16. The number of carbonyl (C=O) groups is 1. The Kier molecular flexibility index (Phi) is 4.96. The highest BCUT2D eigenvalue weighted by molar-refractivity contribution is 14.1. The van der Waals surface area contributed by atoms with Crippen LogP contribution in [0.25, 0.3) is 0 Å². The Labute approximate surface area is 140 Å². The first kappa shape index (κ1) is 16.2. The number of aryl methyl sites for hydroxylation is 1. The zero-order valence-corrected chi connectivity index (χ0v) is 14.0. The van der Waals surface area contributed by atoms with Gasteiger partial charge in [-0.1, -0.05) is 0 Å². The Morgan fingerprint density at radius 2 is 2.00 bits per heavy atom. The largest absolute Gasteiger partial charge is 0.496 e. The summed E-state index contributed by atoms with van der Waals surface area (Å²) in [5, 5.41) is 11.2. The molecule has 0 aromatic heterocycles. The normalized spacial score (nSPS) is 10.1. The SMILES string of the molecule is COc1ccc(Oc2c(I)cc(C=O)cc2[N+](=O)[O-])cc1C. The lowest BCUT2D eigenvalue weighted by atomic mass is 10.2. The second-order valence-electron chi connectivity index (χ2n) is 4.46. The van der Waals surface area contributed by atoms with Gasteiger partial charge in [-0.3, -0.25) is 14.9 Å². The van der Waals surface area contributed by atoms with Crippen molar-refractivity contribution in [1.82, 2.24) is 0 Å². The monoisotopic (exact) mass is 413 g/mol. The van der Waals surface area contributed by atoms with Gasteiger partial charge in [0.1, 0.15) is 17.8 Å². The zero-order valence-electron chi connectivity index (χ0n) is 11.8. The van der Waals surface area contributed by atoms with E-state index in [1.807, 2.05) is 29.5 Å². The first-order valence-electron chi connectivity index (χ1n) is 6.22. The lowest BCUT2D eigenvalue weighted by Gasteiger charge is -2.11. The summed E-state index contributed by atoms with van der Waals surface area (Å²) in [6.45, 7) is 1.85. The summed E-state index contributed by atoms with van der Waals surface area (Å²) in [5.41, 5.74) is 0.832. The molecule has 2 aromatic rings. The summed E-state index contributed by atoms with van der Waals surface area (Å²) in [6.07, 6.45) is 0.566. The highest BCUT2D eigenvalue weighted by atomic mass is 127.